The van der Waals surface area contributed by atoms with Crippen molar-refractivity contribution in [1.82, 2.24) is 5.32 Å². The lowest BCUT2D eigenvalue weighted by Gasteiger charge is -2.13. The number of carboxylic acids is 1. The summed E-state index contributed by atoms with van der Waals surface area (Å²) in [7, 11) is 0. The minimum absolute atomic E-state index is 0.0895. The van der Waals surface area contributed by atoms with E-state index >= 15 is 0 Å². The fraction of sp³-hybridized carbons (Fsp3) is 0.200. The van der Waals surface area contributed by atoms with Crippen molar-refractivity contribution in [2.24, 2.45) is 0 Å². The minimum Gasteiger partial charge on any atom is -0.479 e. The van der Waals surface area contributed by atoms with Crippen LogP contribution in [0.2, 0.25) is 0 Å². The third-order valence-electron chi connectivity index (χ3n) is 2.88. The maximum absolute atomic E-state index is 11.8. The number of halogens is 1. The number of benzene rings is 1. The van der Waals surface area contributed by atoms with Crippen molar-refractivity contribution in [3.05, 3.63) is 56.2 Å². The Kier molecular flexibility index (Phi) is 5.57. The number of hydrogen-bond donors (Lipinski definition) is 2. The van der Waals surface area contributed by atoms with Gasteiger partial charge in [0, 0.05) is 14.2 Å². The first kappa shape index (κ1) is 16.5. The molecule has 7 heteroatoms. The van der Waals surface area contributed by atoms with Crippen molar-refractivity contribution in [3.63, 3.8) is 0 Å². The Bertz CT molecular complexity index is 652. The topological polar surface area (TPSA) is 75.6 Å². The van der Waals surface area contributed by atoms with Crippen molar-refractivity contribution in [1.29, 1.82) is 0 Å². The second-order valence-electron chi connectivity index (χ2n) is 4.53. The van der Waals surface area contributed by atoms with Gasteiger partial charge in [-0.15, -0.1) is 11.3 Å². The first-order chi connectivity index (χ1) is 10.5. The van der Waals surface area contributed by atoms with Gasteiger partial charge < -0.3 is 15.2 Å². The van der Waals surface area contributed by atoms with Crippen LogP contribution in [0.1, 0.15) is 21.4 Å². The van der Waals surface area contributed by atoms with Gasteiger partial charge in [-0.05, 0) is 34.5 Å². The van der Waals surface area contributed by atoms with E-state index in [0.29, 0.717) is 4.88 Å². The molecule has 2 rings (SSSR count). The second kappa shape index (κ2) is 7.42. The van der Waals surface area contributed by atoms with Crippen LogP contribution in [-0.4, -0.2) is 17.2 Å². The average Bonchev–Trinajstić information content (AvgIpc) is 2.82. The van der Waals surface area contributed by atoms with E-state index in [-0.39, 0.29) is 6.61 Å². The van der Waals surface area contributed by atoms with Crippen LogP contribution in [0.15, 0.2) is 40.9 Å². The van der Waals surface area contributed by atoms with Crippen LogP contribution in [0.25, 0.3) is 0 Å². The summed E-state index contributed by atoms with van der Waals surface area (Å²) in [6, 6.07) is 9.74. The van der Waals surface area contributed by atoms with E-state index < -0.39 is 18.1 Å². The van der Waals surface area contributed by atoms with Crippen molar-refractivity contribution in [3.8, 4) is 0 Å². The predicted molar refractivity (Wildman–Crippen MR) is 86.9 cm³/mol. The molecule has 0 saturated carbocycles. The largest absolute Gasteiger partial charge is 0.479 e. The highest BCUT2D eigenvalue weighted by molar-refractivity contribution is 9.10. The summed E-state index contributed by atoms with van der Waals surface area (Å²) in [5, 5.41) is 11.7. The zero-order chi connectivity index (χ0) is 16.1. The molecule has 1 amide bonds. The fourth-order valence-corrected chi connectivity index (χ4v) is 3.37. The van der Waals surface area contributed by atoms with Gasteiger partial charge in [0.25, 0.3) is 0 Å². The van der Waals surface area contributed by atoms with E-state index in [1.807, 2.05) is 37.3 Å². The molecule has 0 saturated heterocycles. The number of carboxylic acid groups (broad SMARTS) is 1. The first-order valence-electron chi connectivity index (χ1n) is 6.43. The summed E-state index contributed by atoms with van der Waals surface area (Å²) in [6.45, 7) is 1.96. The number of amides is 1. The molecular formula is C15H14BrNO4S. The Morgan fingerprint density at radius 3 is 2.59 bits per heavy atom. The van der Waals surface area contributed by atoms with Gasteiger partial charge in [0.05, 0.1) is 0 Å². The van der Waals surface area contributed by atoms with E-state index in [2.05, 4.69) is 21.2 Å². The number of alkyl carbamates (subject to hydrolysis) is 1. The van der Waals surface area contributed by atoms with Crippen LogP contribution in [-0.2, 0) is 16.1 Å². The lowest BCUT2D eigenvalue weighted by Crippen LogP contribution is -2.33. The summed E-state index contributed by atoms with van der Waals surface area (Å²) in [5.41, 5.74) is 0.833. The average molecular weight is 384 g/mol. The third kappa shape index (κ3) is 4.32. The van der Waals surface area contributed by atoms with Gasteiger partial charge >= 0.3 is 12.1 Å². The molecule has 0 radical (unpaired) electrons. The van der Waals surface area contributed by atoms with E-state index in [1.54, 1.807) is 6.07 Å². The molecule has 0 aliphatic carbocycles. The maximum Gasteiger partial charge on any atom is 0.408 e. The summed E-state index contributed by atoms with van der Waals surface area (Å²) >= 11 is 4.64. The molecule has 2 aromatic rings. The third-order valence-corrected chi connectivity index (χ3v) is 5.08. The Morgan fingerprint density at radius 1 is 1.36 bits per heavy atom. The molecule has 0 aliphatic rings. The molecule has 22 heavy (non-hydrogen) atoms. The Hall–Kier alpha value is -1.86. The highest BCUT2D eigenvalue weighted by Crippen LogP contribution is 2.30. The summed E-state index contributed by atoms with van der Waals surface area (Å²) in [4.78, 5) is 24.6. The van der Waals surface area contributed by atoms with Crippen molar-refractivity contribution in [2.75, 3.05) is 0 Å². The fourth-order valence-electron chi connectivity index (χ4n) is 1.76. The Balaban J connectivity index is 1.99. The molecule has 0 spiro atoms. The molecule has 0 aliphatic heterocycles. The minimum atomic E-state index is -1.13. The van der Waals surface area contributed by atoms with E-state index in [0.717, 1.165) is 14.9 Å². The lowest BCUT2D eigenvalue weighted by molar-refractivity contribution is -0.139. The quantitative estimate of drug-likeness (QED) is 0.821. The molecule has 116 valence electrons. The predicted octanol–water partition coefficient (Wildman–Crippen LogP) is 3.87. The van der Waals surface area contributed by atoms with Crippen LogP contribution >= 0.6 is 27.3 Å². The number of hydrogen-bond acceptors (Lipinski definition) is 4. The molecule has 2 N–H and O–H groups in total. The Morgan fingerprint density at radius 2 is 2.05 bits per heavy atom. The highest BCUT2D eigenvalue weighted by Gasteiger charge is 2.25. The number of nitrogens with one attached hydrogen (secondary N) is 1. The monoisotopic (exact) mass is 383 g/mol. The van der Waals surface area contributed by atoms with Crippen LogP contribution in [0.3, 0.4) is 0 Å². The van der Waals surface area contributed by atoms with Crippen molar-refractivity contribution in [2.45, 2.75) is 19.6 Å². The molecule has 1 heterocycles. The molecule has 1 aromatic heterocycles. The lowest BCUT2D eigenvalue weighted by atomic mass is 10.2. The first-order valence-corrected chi connectivity index (χ1v) is 8.04. The van der Waals surface area contributed by atoms with Gasteiger partial charge in [-0.3, -0.25) is 0 Å². The van der Waals surface area contributed by atoms with E-state index in [1.165, 1.54) is 11.3 Å². The Labute approximate surface area is 140 Å². The molecule has 1 unspecified atom stereocenters. The molecule has 0 bridgehead atoms. The summed E-state index contributed by atoms with van der Waals surface area (Å²) in [5.74, 6) is -1.13. The van der Waals surface area contributed by atoms with E-state index in [9.17, 15) is 14.7 Å². The number of ether oxygens (including phenoxy) is 1. The number of aliphatic carboxylic acids is 1. The summed E-state index contributed by atoms with van der Waals surface area (Å²) < 4.78 is 5.86. The molecular weight excluding hydrogens is 370 g/mol. The van der Waals surface area contributed by atoms with E-state index in [4.69, 9.17) is 4.74 Å². The van der Waals surface area contributed by atoms with Crippen LogP contribution in [0, 0.1) is 6.92 Å². The second-order valence-corrected chi connectivity index (χ2v) is 6.67. The number of thiophene rings is 1. The standard InChI is InChI=1S/C15H14BrNO4S/c1-9-11(16)7-12(22-9)13(14(18)19)17-15(20)21-8-10-5-3-2-4-6-10/h2-7,13H,8H2,1H3,(H,17,20)(H,18,19). The molecule has 5 nitrogen and oxygen atoms in total. The zero-order valence-electron chi connectivity index (χ0n) is 11.7. The number of carbonyl (C=O) groups is 2. The normalized spacial score (nSPS) is 11.7. The zero-order valence-corrected chi connectivity index (χ0v) is 14.1. The van der Waals surface area contributed by atoms with Crippen molar-refractivity contribution < 1.29 is 19.4 Å². The van der Waals surface area contributed by atoms with Crippen LogP contribution in [0.4, 0.5) is 4.79 Å². The van der Waals surface area contributed by atoms with Gasteiger partial charge in [0.1, 0.15) is 6.61 Å². The number of carbonyl (C=O) groups excluding carboxylic acids is 1. The SMILES string of the molecule is Cc1sc(C(NC(=O)OCc2ccccc2)C(=O)O)cc1Br. The van der Waals surface area contributed by atoms with Crippen LogP contribution in [0.5, 0.6) is 0 Å². The molecule has 1 atom stereocenters. The van der Waals surface area contributed by atoms with Gasteiger partial charge in [0.2, 0.25) is 0 Å². The van der Waals surface area contributed by atoms with Crippen LogP contribution < -0.4 is 5.32 Å². The van der Waals surface area contributed by atoms with Gasteiger partial charge in [0.15, 0.2) is 6.04 Å². The number of aryl methyl sites for hydroxylation is 1. The van der Waals surface area contributed by atoms with Gasteiger partial charge in [-0.1, -0.05) is 30.3 Å². The maximum atomic E-state index is 11.8. The summed E-state index contributed by atoms with van der Waals surface area (Å²) in [6.07, 6.45) is -0.765. The smallest absolute Gasteiger partial charge is 0.408 e. The van der Waals surface area contributed by atoms with Gasteiger partial charge in [-0.2, -0.15) is 0 Å². The van der Waals surface area contributed by atoms with Gasteiger partial charge in [-0.25, -0.2) is 9.59 Å². The molecule has 0 fully saturated rings. The highest BCUT2D eigenvalue weighted by atomic mass is 79.9. The number of rotatable bonds is 5. The molecule has 1 aromatic carbocycles. The van der Waals surface area contributed by atoms with Crippen molar-refractivity contribution >= 4 is 39.3 Å².